The van der Waals surface area contributed by atoms with E-state index in [-0.39, 0.29) is 30.4 Å². The lowest BCUT2D eigenvalue weighted by atomic mass is 10.1. The van der Waals surface area contributed by atoms with Gasteiger partial charge in [-0.25, -0.2) is 4.79 Å². The van der Waals surface area contributed by atoms with Gasteiger partial charge in [0, 0.05) is 31.0 Å². The maximum absolute atomic E-state index is 12.4. The lowest BCUT2D eigenvalue weighted by Crippen LogP contribution is -2.52. The van der Waals surface area contributed by atoms with Crippen molar-refractivity contribution in [2.45, 2.75) is 38.8 Å². The predicted octanol–water partition coefficient (Wildman–Crippen LogP) is 2.98. The Hall–Kier alpha value is -3.62. The smallest absolute Gasteiger partial charge is 0.410 e. The van der Waals surface area contributed by atoms with Crippen LogP contribution in [0, 0.1) is 0 Å². The van der Waals surface area contributed by atoms with E-state index in [0.717, 1.165) is 5.56 Å². The van der Waals surface area contributed by atoms with Gasteiger partial charge in [0.05, 0.1) is 12.5 Å². The van der Waals surface area contributed by atoms with Crippen LogP contribution in [0.4, 0.5) is 16.3 Å². The van der Waals surface area contributed by atoms with E-state index < -0.39 is 5.60 Å². The number of hydrogen-bond acceptors (Lipinski definition) is 5. The van der Waals surface area contributed by atoms with Crippen LogP contribution in [-0.4, -0.2) is 51.3 Å². The van der Waals surface area contributed by atoms with Crippen LogP contribution in [0.5, 0.6) is 0 Å². The summed E-state index contributed by atoms with van der Waals surface area (Å²) in [5, 5.41) is 9.82. The summed E-state index contributed by atoms with van der Waals surface area (Å²) < 4.78 is 7.09. The summed E-state index contributed by atoms with van der Waals surface area (Å²) in [5.74, 6) is -0.0911. The van der Waals surface area contributed by atoms with E-state index in [0.29, 0.717) is 24.6 Å². The molecule has 1 aromatic carbocycles. The lowest BCUT2D eigenvalue weighted by Gasteiger charge is -2.39. The Balaban J connectivity index is 1.50. The molecule has 164 valence electrons. The molecule has 0 spiro atoms. The van der Waals surface area contributed by atoms with Crippen LogP contribution >= 0.6 is 0 Å². The highest BCUT2D eigenvalue weighted by Crippen LogP contribution is 2.24. The fourth-order valence-electron chi connectivity index (χ4n) is 3.03. The fraction of sp³-hybridized carbons (Fsp3) is 0.364. The van der Waals surface area contributed by atoms with Crippen LogP contribution in [0.3, 0.4) is 0 Å². The Labute approximate surface area is 181 Å². The van der Waals surface area contributed by atoms with E-state index in [2.05, 4.69) is 22.3 Å². The van der Waals surface area contributed by atoms with Crippen LogP contribution in [-0.2, 0) is 20.7 Å². The number of nitrogens with one attached hydrogen (secondary N) is 2. The van der Waals surface area contributed by atoms with E-state index in [1.54, 1.807) is 46.1 Å². The lowest BCUT2D eigenvalue weighted by molar-refractivity contribution is -0.115. The summed E-state index contributed by atoms with van der Waals surface area (Å²) in [4.78, 5) is 37.4. The standard InChI is InChI=1S/C22H27N5O4/c1-5-19(28)23-16-8-6-7-15(11-16)12-20(29)24-18-9-10-27(25-18)17-13-26(14-17)21(30)31-22(2,3)4/h5-11,17H,1,12-14H2,2-4H3,(H,23,28)(H,24,25,29). The van der Waals surface area contributed by atoms with E-state index in [1.165, 1.54) is 6.08 Å². The number of nitrogens with zero attached hydrogens (tertiary/aromatic N) is 3. The second-order valence-corrected chi connectivity index (χ2v) is 8.34. The maximum Gasteiger partial charge on any atom is 0.410 e. The minimum absolute atomic E-state index is 0.0447. The number of hydrogen-bond donors (Lipinski definition) is 2. The number of amides is 3. The number of ether oxygens (including phenoxy) is 1. The number of rotatable bonds is 6. The van der Waals surface area contributed by atoms with Crippen LogP contribution in [0.15, 0.2) is 49.2 Å². The van der Waals surface area contributed by atoms with Gasteiger partial charge in [-0.15, -0.1) is 0 Å². The molecule has 2 heterocycles. The zero-order chi connectivity index (χ0) is 22.6. The Morgan fingerprint density at radius 3 is 2.65 bits per heavy atom. The van der Waals surface area contributed by atoms with Crippen molar-refractivity contribution in [3.63, 3.8) is 0 Å². The number of aromatic nitrogens is 2. The first-order valence-corrected chi connectivity index (χ1v) is 9.98. The number of likely N-dealkylation sites (tertiary alicyclic amines) is 1. The normalized spacial score (nSPS) is 13.8. The molecule has 0 atom stereocenters. The molecule has 1 fully saturated rings. The summed E-state index contributed by atoms with van der Waals surface area (Å²) in [6.45, 7) is 9.92. The average molecular weight is 425 g/mol. The van der Waals surface area contributed by atoms with Gasteiger partial charge in [0.25, 0.3) is 0 Å². The van der Waals surface area contributed by atoms with Crippen molar-refractivity contribution < 1.29 is 19.1 Å². The Kier molecular flexibility index (Phi) is 6.43. The summed E-state index contributed by atoms with van der Waals surface area (Å²) in [5.41, 5.74) is 0.826. The molecule has 2 N–H and O–H groups in total. The van der Waals surface area contributed by atoms with E-state index >= 15 is 0 Å². The van der Waals surface area contributed by atoms with Crippen LogP contribution in [0.1, 0.15) is 32.4 Å². The summed E-state index contributed by atoms with van der Waals surface area (Å²) in [6, 6.07) is 8.81. The van der Waals surface area contributed by atoms with Gasteiger partial charge in [-0.3, -0.25) is 14.3 Å². The molecule has 3 amide bonds. The molecular weight excluding hydrogens is 398 g/mol. The molecule has 9 nitrogen and oxygen atoms in total. The first-order valence-electron chi connectivity index (χ1n) is 9.98. The van der Waals surface area contributed by atoms with Gasteiger partial charge in [-0.05, 0) is 44.5 Å². The Morgan fingerprint density at radius 2 is 1.97 bits per heavy atom. The summed E-state index contributed by atoms with van der Waals surface area (Å²) >= 11 is 0. The van der Waals surface area contributed by atoms with Gasteiger partial charge < -0.3 is 20.3 Å². The molecule has 0 saturated carbocycles. The minimum Gasteiger partial charge on any atom is -0.444 e. The quantitative estimate of drug-likeness (QED) is 0.692. The third kappa shape index (κ3) is 6.18. The van der Waals surface area contributed by atoms with Crippen molar-refractivity contribution in [1.82, 2.24) is 14.7 Å². The SMILES string of the molecule is C=CC(=O)Nc1cccc(CC(=O)Nc2ccn(C3CN(C(=O)OC(C)(C)C)C3)n2)c1. The van der Waals surface area contributed by atoms with Gasteiger partial charge in [-0.1, -0.05) is 18.7 Å². The van der Waals surface area contributed by atoms with Gasteiger partial charge in [-0.2, -0.15) is 5.10 Å². The number of carbonyl (C=O) groups excluding carboxylic acids is 3. The van der Waals surface area contributed by atoms with Crippen molar-refractivity contribution in [3.8, 4) is 0 Å². The molecule has 2 aromatic rings. The molecule has 0 aliphatic carbocycles. The van der Waals surface area contributed by atoms with E-state index in [4.69, 9.17) is 4.74 Å². The molecule has 31 heavy (non-hydrogen) atoms. The largest absolute Gasteiger partial charge is 0.444 e. The first-order chi connectivity index (χ1) is 14.6. The van der Waals surface area contributed by atoms with Gasteiger partial charge in [0.2, 0.25) is 11.8 Å². The molecule has 0 radical (unpaired) electrons. The van der Waals surface area contributed by atoms with Crippen molar-refractivity contribution in [2.75, 3.05) is 23.7 Å². The minimum atomic E-state index is -0.526. The molecule has 1 aromatic heterocycles. The molecule has 9 heteroatoms. The first kappa shape index (κ1) is 22.1. The zero-order valence-corrected chi connectivity index (χ0v) is 17.9. The number of carbonyl (C=O) groups is 3. The highest BCUT2D eigenvalue weighted by molar-refractivity contribution is 5.99. The second kappa shape index (κ2) is 9.03. The van der Waals surface area contributed by atoms with Crippen molar-refractivity contribution in [1.29, 1.82) is 0 Å². The van der Waals surface area contributed by atoms with E-state index in [1.807, 2.05) is 20.8 Å². The highest BCUT2D eigenvalue weighted by Gasteiger charge is 2.35. The number of anilines is 2. The molecule has 0 bridgehead atoms. The molecule has 3 rings (SSSR count). The molecule has 0 unspecified atom stereocenters. The van der Waals surface area contributed by atoms with Crippen LogP contribution in [0.2, 0.25) is 0 Å². The third-order valence-corrected chi connectivity index (χ3v) is 4.51. The predicted molar refractivity (Wildman–Crippen MR) is 117 cm³/mol. The van der Waals surface area contributed by atoms with Gasteiger partial charge in [0.1, 0.15) is 5.60 Å². The highest BCUT2D eigenvalue weighted by atomic mass is 16.6. The summed E-state index contributed by atoms with van der Waals surface area (Å²) in [7, 11) is 0. The third-order valence-electron chi connectivity index (χ3n) is 4.51. The summed E-state index contributed by atoms with van der Waals surface area (Å²) in [6.07, 6.45) is 2.76. The van der Waals surface area contributed by atoms with Gasteiger partial charge >= 0.3 is 6.09 Å². The van der Waals surface area contributed by atoms with Crippen molar-refractivity contribution >= 4 is 29.4 Å². The van der Waals surface area contributed by atoms with E-state index in [9.17, 15) is 14.4 Å². The molecule has 1 aliphatic heterocycles. The average Bonchev–Trinajstić information content (AvgIpc) is 3.06. The fourth-order valence-corrected chi connectivity index (χ4v) is 3.03. The maximum atomic E-state index is 12.4. The van der Waals surface area contributed by atoms with Gasteiger partial charge in [0.15, 0.2) is 5.82 Å². The van der Waals surface area contributed by atoms with Crippen LogP contribution in [0.25, 0.3) is 0 Å². The van der Waals surface area contributed by atoms with Crippen LogP contribution < -0.4 is 10.6 Å². The zero-order valence-electron chi connectivity index (χ0n) is 17.9. The monoisotopic (exact) mass is 425 g/mol. The number of benzene rings is 1. The topological polar surface area (TPSA) is 106 Å². The molecule has 1 saturated heterocycles. The molecular formula is C22H27N5O4. The molecule has 1 aliphatic rings. The Bertz CT molecular complexity index is 986. The van der Waals surface area contributed by atoms with Crippen molar-refractivity contribution in [3.05, 3.63) is 54.7 Å². The van der Waals surface area contributed by atoms with Crippen molar-refractivity contribution in [2.24, 2.45) is 0 Å². The Morgan fingerprint density at radius 1 is 1.23 bits per heavy atom. The second-order valence-electron chi connectivity index (χ2n) is 8.34.